The van der Waals surface area contributed by atoms with Crippen LogP contribution >= 0.6 is 0 Å². The van der Waals surface area contributed by atoms with E-state index in [4.69, 9.17) is 0 Å². The Morgan fingerprint density at radius 3 is 2.30 bits per heavy atom. The maximum absolute atomic E-state index is 14.8. The Labute approximate surface area is 210 Å². The molecule has 37 heavy (non-hydrogen) atoms. The van der Waals surface area contributed by atoms with Gasteiger partial charge in [-0.15, -0.1) is 0 Å². The lowest BCUT2D eigenvalue weighted by molar-refractivity contribution is -0.228. The Balaban J connectivity index is 1.64. The average molecular weight is 546 g/mol. The van der Waals surface area contributed by atoms with Crippen LogP contribution in [0.4, 0.5) is 26.3 Å². The van der Waals surface area contributed by atoms with E-state index in [2.05, 4.69) is 5.32 Å². The Morgan fingerprint density at radius 1 is 1.05 bits per heavy atom. The number of benzene rings is 2. The Morgan fingerprint density at radius 2 is 1.70 bits per heavy atom. The second-order valence-corrected chi connectivity index (χ2v) is 12.6. The summed E-state index contributed by atoms with van der Waals surface area (Å²) < 4.78 is 109. The molecule has 4 nitrogen and oxygen atoms in total. The van der Waals surface area contributed by atoms with Crippen molar-refractivity contribution in [3.8, 4) is 0 Å². The SMILES string of the molecule is CC(F)(c1ccc2c(c1)CC[C@H]1[C@H](C(=O)NC3CC3F)CC[C@@]21S(=O)(=O)c1ccc(F)cc1)C(F)(F)F. The normalized spacial score (nSPS) is 30.7. The molecule has 0 saturated heterocycles. The van der Waals surface area contributed by atoms with E-state index >= 15 is 0 Å². The molecule has 1 amide bonds. The molecule has 2 fully saturated rings. The van der Waals surface area contributed by atoms with Crippen molar-refractivity contribution in [1.29, 1.82) is 0 Å². The first-order valence-corrected chi connectivity index (χ1v) is 13.5. The minimum atomic E-state index is -5.18. The van der Waals surface area contributed by atoms with Gasteiger partial charge < -0.3 is 5.32 Å². The van der Waals surface area contributed by atoms with Crippen LogP contribution in [0.1, 0.15) is 49.3 Å². The highest BCUT2D eigenvalue weighted by molar-refractivity contribution is 7.92. The summed E-state index contributed by atoms with van der Waals surface area (Å²) in [5.41, 5.74) is -3.80. The number of rotatable bonds is 5. The molecule has 0 aromatic heterocycles. The highest BCUT2D eigenvalue weighted by Gasteiger charge is 2.62. The molecule has 11 heteroatoms. The fraction of sp³-hybridized carbons (Fsp3) is 0.500. The third-order valence-corrected chi connectivity index (χ3v) is 10.8. The van der Waals surface area contributed by atoms with Gasteiger partial charge in [0.1, 0.15) is 16.7 Å². The monoisotopic (exact) mass is 545 g/mol. The number of nitrogens with one attached hydrogen (secondary N) is 1. The van der Waals surface area contributed by atoms with Crippen LogP contribution in [0.15, 0.2) is 47.4 Å². The average Bonchev–Trinajstić information content (AvgIpc) is 3.36. The summed E-state index contributed by atoms with van der Waals surface area (Å²) in [5, 5.41) is 2.63. The quantitative estimate of drug-likeness (QED) is 0.402. The first-order chi connectivity index (χ1) is 17.2. The van der Waals surface area contributed by atoms with Crippen molar-refractivity contribution in [2.75, 3.05) is 0 Å². The van der Waals surface area contributed by atoms with E-state index in [0.29, 0.717) is 6.92 Å². The number of hydrogen-bond acceptors (Lipinski definition) is 3. The molecule has 0 radical (unpaired) electrons. The number of alkyl halides is 5. The van der Waals surface area contributed by atoms with Crippen LogP contribution in [0.3, 0.4) is 0 Å². The largest absolute Gasteiger partial charge is 0.426 e. The van der Waals surface area contributed by atoms with Crippen molar-refractivity contribution in [3.05, 3.63) is 65.0 Å². The van der Waals surface area contributed by atoms with Gasteiger partial charge in [-0.3, -0.25) is 4.79 Å². The topological polar surface area (TPSA) is 63.2 Å². The van der Waals surface area contributed by atoms with E-state index in [1.807, 2.05) is 0 Å². The van der Waals surface area contributed by atoms with Crippen molar-refractivity contribution in [1.82, 2.24) is 5.32 Å². The van der Waals surface area contributed by atoms with E-state index < -0.39 is 67.8 Å². The van der Waals surface area contributed by atoms with Crippen molar-refractivity contribution in [2.45, 2.75) is 72.7 Å². The predicted molar refractivity (Wildman–Crippen MR) is 122 cm³/mol. The van der Waals surface area contributed by atoms with E-state index in [9.17, 15) is 39.6 Å². The maximum Gasteiger partial charge on any atom is 0.426 e. The molecule has 2 saturated carbocycles. The third-order valence-electron chi connectivity index (χ3n) is 8.25. The Hall–Kier alpha value is -2.56. The van der Waals surface area contributed by atoms with Crippen LogP contribution in [0.25, 0.3) is 0 Å². The molecular weight excluding hydrogens is 520 g/mol. The molecule has 0 bridgehead atoms. The van der Waals surface area contributed by atoms with Gasteiger partial charge in [0, 0.05) is 12.3 Å². The van der Waals surface area contributed by atoms with Crippen LogP contribution in [-0.4, -0.2) is 32.7 Å². The summed E-state index contributed by atoms with van der Waals surface area (Å²) in [6.45, 7) is 0.414. The summed E-state index contributed by atoms with van der Waals surface area (Å²) in [5.74, 6) is -2.63. The lowest BCUT2D eigenvalue weighted by Crippen LogP contribution is -2.47. The van der Waals surface area contributed by atoms with Gasteiger partial charge in [-0.2, -0.15) is 13.2 Å². The van der Waals surface area contributed by atoms with Gasteiger partial charge in [-0.25, -0.2) is 21.6 Å². The third kappa shape index (κ3) is 3.95. The van der Waals surface area contributed by atoms with Crippen molar-refractivity contribution < 1.29 is 39.6 Å². The van der Waals surface area contributed by atoms with Crippen molar-refractivity contribution in [2.24, 2.45) is 11.8 Å². The second-order valence-electron chi connectivity index (χ2n) is 10.4. The van der Waals surface area contributed by atoms with Crippen LogP contribution in [0, 0.1) is 17.7 Å². The molecule has 0 heterocycles. The predicted octanol–water partition coefficient (Wildman–Crippen LogP) is 5.44. The van der Waals surface area contributed by atoms with E-state index in [1.54, 1.807) is 0 Å². The molecular formula is C26H25F6NO3S. The van der Waals surface area contributed by atoms with Gasteiger partial charge in [-0.1, -0.05) is 18.2 Å². The zero-order valence-electron chi connectivity index (χ0n) is 19.8. The summed E-state index contributed by atoms with van der Waals surface area (Å²) in [6.07, 6.45) is -5.70. The lowest BCUT2D eigenvalue weighted by atomic mass is 9.72. The van der Waals surface area contributed by atoms with Crippen LogP contribution < -0.4 is 5.32 Å². The van der Waals surface area contributed by atoms with E-state index in [1.165, 1.54) is 6.07 Å². The molecule has 3 aliphatic rings. The number of carbonyl (C=O) groups is 1. The minimum Gasteiger partial charge on any atom is -0.350 e. The standard InChI is InChI=1S/C26H25F6NO3S/c1-24(29,26(30,31)32)15-3-9-19-14(12-15)2-8-20-18(23(34)33-22-13-21(22)28)10-11-25(19,20)37(35,36)17-6-4-16(27)5-7-17/h3-7,9,12,18,20-22H,2,8,10-11,13H2,1H3,(H,33,34)/t18-,20+,21?,22?,24?,25-/m1/s1. The molecule has 3 unspecified atom stereocenters. The number of sulfone groups is 1. The summed E-state index contributed by atoms with van der Waals surface area (Å²) >= 11 is 0. The number of amides is 1. The van der Waals surface area contributed by atoms with Crippen molar-refractivity contribution >= 4 is 15.7 Å². The number of carbonyl (C=O) groups excluding carboxylic acids is 1. The molecule has 200 valence electrons. The van der Waals surface area contributed by atoms with Gasteiger partial charge in [0.2, 0.25) is 11.6 Å². The molecule has 1 N–H and O–H groups in total. The van der Waals surface area contributed by atoms with Crippen molar-refractivity contribution in [3.63, 3.8) is 0 Å². The number of aryl methyl sites for hydroxylation is 1. The summed E-state index contributed by atoms with van der Waals surface area (Å²) in [7, 11) is -4.29. The van der Waals surface area contributed by atoms with Gasteiger partial charge in [-0.05, 0) is 79.5 Å². The van der Waals surface area contributed by atoms with Gasteiger partial charge >= 0.3 is 6.18 Å². The first-order valence-electron chi connectivity index (χ1n) is 12.0. The second kappa shape index (κ2) is 8.47. The number of hydrogen-bond donors (Lipinski definition) is 1. The molecule has 0 spiro atoms. The van der Waals surface area contributed by atoms with Gasteiger partial charge in [0.25, 0.3) is 0 Å². The Kier molecular flexibility index (Phi) is 5.97. The fourth-order valence-electron chi connectivity index (χ4n) is 6.05. The zero-order chi connectivity index (χ0) is 27.0. The van der Waals surface area contributed by atoms with E-state index in [0.717, 1.165) is 36.4 Å². The van der Waals surface area contributed by atoms with Crippen LogP contribution in [0.2, 0.25) is 0 Å². The smallest absolute Gasteiger partial charge is 0.350 e. The lowest BCUT2D eigenvalue weighted by Gasteiger charge is -2.42. The minimum absolute atomic E-state index is 0.0162. The Bertz CT molecular complexity index is 1340. The van der Waals surface area contributed by atoms with Gasteiger partial charge in [0.05, 0.1) is 10.9 Å². The highest BCUT2D eigenvalue weighted by atomic mass is 32.2. The molecule has 2 aromatic carbocycles. The number of fused-ring (bicyclic) bond motifs is 3. The summed E-state index contributed by atoms with van der Waals surface area (Å²) in [6, 6.07) is 6.85. The molecule has 0 aliphatic heterocycles. The molecule has 5 rings (SSSR count). The molecule has 2 aromatic rings. The number of halogens is 6. The van der Waals surface area contributed by atoms with E-state index in [-0.39, 0.29) is 48.1 Å². The summed E-state index contributed by atoms with van der Waals surface area (Å²) in [4.78, 5) is 12.9. The molecule has 6 atom stereocenters. The first kappa shape index (κ1) is 26.1. The van der Waals surface area contributed by atoms with Gasteiger partial charge in [0.15, 0.2) is 9.84 Å². The fourth-order valence-corrected chi connectivity index (χ4v) is 8.52. The highest BCUT2D eigenvalue weighted by Crippen LogP contribution is 2.59. The molecule has 3 aliphatic carbocycles. The van der Waals surface area contributed by atoms with Crippen LogP contribution in [0.5, 0.6) is 0 Å². The maximum atomic E-state index is 14.8. The zero-order valence-corrected chi connectivity index (χ0v) is 20.6. The van der Waals surface area contributed by atoms with Crippen LogP contribution in [-0.2, 0) is 31.5 Å².